The van der Waals surface area contributed by atoms with Gasteiger partial charge in [0.2, 0.25) is 10.0 Å². The highest BCUT2D eigenvalue weighted by Crippen LogP contribution is 2.21. The van der Waals surface area contributed by atoms with Crippen LogP contribution in [0.2, 0.25) is 0 Å². The van der Waals surface area contributed by atoms with Gasteiger partial charge in [0, 0.05) is 12.9 Å². The van der Waals surface area contributed by atoms with Crippen LogP contribution >= 0.6 is 11.6 Å². The summed E-state index contributed by atoms with van der Waals surface area (Å²) in [6, 6.07) is 7.45. The number of rotatable bonds is 6. The Morgan fingerprint density at radius 3 is 2.47 bits per heavy atom. The molecule has 0 aliphatic carbocycles. The highest BCUT2D eigenvalue weighted by atomic mass is 35.5. The molecule has 0 amide bonds. The molecule has 0 aliphatic rings. The first kappa shape index (κ1) is 14.3. The third kappa shape index (κ3) is 3.89. The zero-order valence-corrected chi connectivity index (χ0v) is 11.8. The number of para-hydroxylation sites is 1. The van der Waals surface area contributed by atoms with Gasteiger partial charge in [0.1, 0.15) is 0 Å². The molecule has 0 saturated heterocycles. The molecule has 0 unspecified atom stereocenters. The summed E-state index contributed by atoms with van der Waals surface area (Å²) in [6.07, 6.45) is 1.32. The number of sulfonamides is 1. The van der Waals surface area contributed by atoms with E-state index in [-0.39, 0.29) is 5.75 Å². The Kier molecular flexibility index (Phi) is 5.28. The van der Waals surface area contributed by atoms with E-state index in [2.05, 4.69) is 0 Å². The molecule has 0 bridgehead atoms. The predicted octanol–water partition coefficient (Wildman–Crippen LogP) is 2.78. The molecule has 0 aromatic heterocycles. The summed E-state index contributed by atoms with van der Waals surface area (Å²) in [4.78, 5) is 0. The first-order valence-electron chi connectivity index (χ1n) is 5.57. The lowest BCUT2D eigenvalue weighted by molar-refractivity contribution is 0.591. The standard InChI is InChI=1S/C12H18ClNO2S/c1-11-7-3-4-8-12(11)14(2)17(15,16)10-6-5-9-13/h3-4,7-8H,5-6,9-10H2,1-2H3. The summed E-state index contributed by atoms with van der Waals surface area (Å²) in [6.45, 7) is 1.90. The van der Waals surface area contributed by atoms with Gasteiger partial charge in [-0.1, -0.05) is 18.2 Å². The van der Waals surface area contributed by atoms with E-state index < -0.39 is 10.0 Å². The van der Waals surface area contributed by atoms with E-state index in [4.69, 9.17) is 11.6 Å². The van der Waals surface area contributed by atoms with E-state index in [9.17, 15) is 8.42 Å². The van der Waals surface area contributed by atoms with Crippen molar-refractivity contribution in [1.29, 1.82) is 0 Å². The van der Waals surface area contributed by atoms with Crippen LogP contribution in [0.5, 0.6) is 0 Å². The third-order valence-electron chi connectivity index (χ3n) is 2.66. The summed E-state index contributed by atoms with van der Waals surface area (Å²) in [5.74, 6) is 0.647. The third-order valence-corrected chi connectivity index (χ3v) is 4.76. The molecule has 0 heterocycles. The number of benzene rings is 1. The summed E-state index contributed by atoms with van der Waals surface area (Å²) < 4.78 is 25.4. The van der Waals surface area contributed by atoms with Gasteiger partial charge in [0.05, 0.1) is 11.4 Å². The fourth-order valence-electron chi connectivity index (χ4n) is 1.58. The van der Waals surface area contributed by atoms with Gasteiger partial charge >= 0.3 is 0 Å². The van der Waals surface area contributed by atoms with Crippen molar-refractivity contribution in [3.8, 4) is 0 Å². The van der Waals surface area contributed by atoms with E-state index in [1.165, 1.54) is 4.31 Å². The van der Waals surface area contributed by atoms with Crippen molar-refractivity contribution in [2.75, 3.05) is 23.0 Å². The Balaban J connectivity index is 2.82. The maximum absolute atomic E-state index is 12.0. The summed E-state index contributed by atoms with van der Waals surface area (Å²) >= 11 is 5.54. The normalized spacial score (nSPS) is 11.5. The largest absolute Gasteiger partial charge is 0.273 e. The van der Waals surface area contributed by atoms with E-state index in [0.717, 1.165) is 17.7 Å². The topological polar surface area (TPSA) is 37.4 Å². The van der Waals surface area contributed by atoms with Crippen molar-refractivity contribution in [2.24, 2.45) is 0 Å². The molecule has 0 radical (unpaired) electrons. The highest BCUT2D eigenvalue weighted by Gasteiger charge is 2.18. The smallest absolute Gasteiger partial charge is 0.234 e. The van der Waals surface area contributed by atoms with Gasteiger partial charge in [0.15, 0.2) is 0 Å². The number of nitrogens with zero attached hydrogens (tertiary/aromatic N) is 1. The molecule has 0 saturated carbocycles. The van der Waals surface area contributed by atoms with Gasteiger partial charge in [0.25, 0.3) is 0 Å². The number of unbranched alkanes of at least 4 members (excludes halogenated alkanes) is 1. The van der Waals surface area contributed by atoms with Crippen molar-refractivity contribution in [2.45, 2.75) is 19.8 Å². The Bertz CT molecular complexity index is 459. The molecule has 0 atom stereocenters. The molecule has 0 aliphatic heterocycles. The second-order valence-electron chi connectivity index (χ2n) is 3.97. The lowest BCUT2D eigenvalue weighted by atomic mass is 10.2. The number of anilines is 1. The lowest BCUT2D eigenvalue weighted by Crippen LogP contribution is -2.29. The second-order valence-corrected chi connectivity index (χ2v) is 6.46. The zero-order valence-electron chi connectivity index (χ0n) is 10.2. The van der Waals surface area contributed by atoms with Crippen LogP contribution in [0.25, 0.3) is 0 Å². The molecule has 17 heavy (non-hydrogen) atoms. The van der Waals surface area contributed by atoms with Crippen LogP contribution in [0, 0.1) is 6.92 Å². The molecule has 5 heteroatoms. The lowest BCUT2D eigenvalue weighted by Gasteiger charge is -2.21. The maximum atomic E-state index is 12.0. The SMILES string of the molecule is Cc1ccccc1N(C)S(=O)(=O)CCCCCl. The van der Waals surface area contributed by atoms with Crippen LogP contribution in [0.3, 0.4) is 0 Å². The molecule has 3 nitrogen and oxygen atoms in total. The predicted molar refractivity (Wildman–Crippen MR) is 73.3 cm³/mol. The van der Waals surface area contributed by atoms with Crippen molar-refractivity contribution in [1.82, 2.24) is 0 Å². The first-order valence-corrected chi connectivity index (χ1v) is 7.71. The van der Waals surface area contributed by atoms with Crippen molar-refractivity contribution in [3.63, 3.8) is 0 Å². The molecule has 0 spiro atoms. The average Bonchev–Trinajstić information content (AvgIpc) is 2.29. The minimum Gasteiger partial charge on any atom is -0.273 e. The summed E-state index contributed by atoms with van der Waals surface area (Å²) in [7, 11) is -1.64. The van der Waals surface area contributed by atoms with Gasteiger partial charge < -0.3 is 0 Å². The van der Waals surface area contributed by atoms with Crippen molar-refractivity contribution in [3.05, 3.63) is 29.8 Å². The second kappa shape index (κ2) is 6.26. The molecule has 1 rings (SSSR count). The zero-order chi connectivity index (χ0) is 12.9. The Morgan fingerprint density at radius 1 is 1.24 bits per heavy atom. The van der Waals surface area contributed by atoms with Crippen molar-refractivity contribution < 1.29 is 8.42 Å². The van der Waals surface area contributed by atoms with Gasteiger partial charge in [-0.05, 0) is 31.4 Å². The number of hydrogen-bond acceptors (Lipinski definition) is 2. The fourth-order valence-corrected chi connectivity index (χ4v) is 3.12. The van der Waals surface area contributed by atoms with Gasteiger partial charge in [-0.25, -0.2) is 8.42 Å². The summed E-state index contributed by atoms with van der Waals surface area (Å²) in [5.41, 5.74) is 1.69. The Hall–Kier alpha value is -0.740. The molecule has 0 N–H and O–H groups in total. The van der Waals surface area contributed by atoms with E-state index in [1.54, 1.807) is 7.05 Å². The number of alkyl halides is 1. The minimum absolute atomic E-state index is 0.143. The molecule has 96 valence electrons. The van der Waals surface area contributed by atoms with Gasteiger partial charge in [-0.2, -0.15) is 0 Å². The molecule has 1 aromatic rings. The van der Waals surface area contributed by atoms with E-state index >= 15 is 0 Å². The molecule has 1 aromatic carbocycles. The van der Waals surface area contributed by atoms with E-state index in [0.29, 0.717) is 12.3 Å². The van der Waals surface area contributed by atoms with Crippen LogP contribution in [-0.4, -0.2) is 27.1 Å². The quantitative estimate of drug-likeness (QED) is 0.591. The van der Waals surface area contributed by atoms with Crippen LogP contribution < -0.4 is 4.31 Å². The minimum atomic E-state index is -3.23. The number of aryl methyl sites for hydroxylation is 1. The molecular formula is C12H18ClNO2S. The van der Waals surface area contributed by atoms with E-state index in [1.807, 2.05) is 31.2 Å². The number of hydrogen-bond donors (Lipinski definition) is 0. The van der Waals surface area contributed by atoms with Crippen LogP contribution in [0.1, 0.15) is 18.4 Å². The van der Waals surface area contributed by atoms with Crippen molar-refractivity contribution >= 4 is 27.3 Å². The molecular weight excluding hydrogens is 258 g/mol. The Labute approximate surface area is 108 Å². The fraction of sp³-hybridized carbons (Fsp3) is 0.500. The Morgan fingerprint density at radius 2 is 1.88 bits per heavy atom. The van der Waals surface area contributed by atoms with Crippen LogP contribution in [0.4, 0.5) is 5.69 Å². The summed E-state index contributed by atoms with van der Waals surface area (Å²) in [5, 5.41) is 0. The van der Waals surface area contributed by atoms with Crippen LogP contribution in [-0.2, 0) is 10.0 Å². The highest BCUT2D eigenvalue weighted by molar-refractivity contribution is 7.92. The van der Waals surface area contributed by atoms with Crippen LogP contribution in [0.15, 0.2) is 24.3 Å². The van der Waals surface area contributed by atoms with Gasteiger partial charge in [-0.3, -0.25) is 4.31 Å². The average molecular weight is 276 g/mol. The maximum Gasteiger partial charge on any atom is 0.234 e. The molecule has 0 fully saturated rings. The monoisotopic (exact) mass is 275 g/mol. The first-order chi connectivity index (χ1) is 7.99. The van der Waals surface area contributed by atoms with Gasteiger partial charge in [-0.15, -0.1) is 11.6 Å². The number of halogens is 1.